The first kappa shape index (κ1) is 18.2. The minimum atomic E-state index is -0.0611. The molecule has 0 unspecified atom stereocenters. The number of carbonyl (C=O) groups excluding carboxylic acids is 1. The molecule has 0 fully saturated rings. The highest BCUT2D eigenvalue weighted by Gasteiger charge is 1.99. The van der Waals surface area contributed by atoms with E-state index in [2.05, 4.69) is 15.7 Å². The Morgan fingerprint density at radius 1 is 1.29 bits per heavy atom. The van der Waals surface area contributed by atoms with Crippen LogP contribution < -0.4 is 10.1 Å². The molecular weight excluding hydrogens is 320 g/mol. The van der Waals surface area contributed by atoms with E-state index in [1.807, 2.05) is 44.2 Å². The molecule has 1 amide bonds. The molecule has 0 spiro atoms. The maximum absolute atomic E-state index is 11.8. The summed E-state index contributed by atoms with van der Waals surface area (Å²) in [5.74, 6) is 0.781. The van der Waals surface area contributed by atoms with Crippen LogP contribution in [-0.2, 0) is 11.2 Å². The number of benzene rings is 1. The summed E-state index contributed by atoms with van der Waals surface area (Å²) in [6.07, 6.45) is 6.36. The van der Waals surface area contributed by atoms with E-state index in [-0.39, 0.29) is 5.91 Å². The van der Waals surface area contributed by atoms with Gasteiger partial charge in [-0.25, -0.2) is 4.98 Å². The summed E-state index contributed by atoms with van der Waals surface area (Å²) in [4.78, 5) is 16.2. The first-order valence-electron chi connectivity index (χ1n) is 8.27. The summed E-state index contributed by atoms with van der Waals surface area (Å²) in [5.41, 5.74) is 2.07. The third-order valence-electron chi connectivity index (χ3n) is 3.40. The Hall–Kier alpha value is -2.14. The van der Waals surface area contributed by atoms with Crippen molar-refractivity contribution in [3.05, 3.63) is 52.0 Å². The molecule has 4 nitrogen and oxygen atoms in total. The predicted molar refractivity (Wildman–Crippen MR) is 99.4 cm³/mol. The lowest BCUT2D eigenvalue weighted by Crippen LogP contribution is -2.22. The Morgan fingerprint density at radius 2 is 2.08 bits per heavy atom. The SMILES string of the molecule is CCOc1ccc(/C=C/C(=O)NCCCCc2nc(C)cs2)cc1. The molecule has 0 aliphatic heterocycles. The van der Waals surface area contributed by atoms with Gasteiger partial charge in [-0.2, -0.15) is 0 Å². The average Bonchev–Trinajstić information content (AvgIpc) is 2.99. The number of hydrogen-bond acceptors (Lipinski definition) is 4. The molecule has 1 heterocycles. The van der Waals surface area contributed by atoms with Gasteiger partial charge in [-0.1, -0.05) is 12.1 Å². The molecule has 1 N–H and O–H groups in total. The molecule has 0 atom stereocenters. The number of amides is 1. The van der Waals surface area contributed by atoms with Gasteiger partial charge in [0, 0.05) is 23.7 Å². The minimum absolute atomic E-state index is 0.0611. The quantitative estimate of drug-likeness (QED) is 0.552. The van der Waals surface area contributed by atoms with Crippen LogP contribution in [0.5, 0.6) is 5.75 Å². The van der Waals surface area contributed by atoms with Crippen LogP contribution in [0.1, 0.15) is 36.0 Å². The van der Waals surface area contributed by atoms with E-state index in [0.29, 0.717) is 13.2 Å². The van der Waals surface area contributed by atoms with Crippen molar-refractivity contribution in [2.45, 2.75) is 33.1 Å². The Balaban J connectivity index is 1.63. The van der Waals surface area contributed by atoms with Crippen molar-refractivity contribution in [2.24, 2.45) is 0 Å². The molecule has 1 aromatic carbocycles. The molecule has 0 radical (unpaired) electrons. The molecular formula is C19H24N2O2S. The maximum atomic E-state index is 11.8. The zero-order valence-electron chi connectivity index (χ0n) is 14.2. The van der Waals surface area contributed by atoms with Crippen LogP contribution in [0, 0.1) is 6.92 Å². The second kappa shape index (κ2) is 9.88. The van der Waals surface area contributed by atoms with Crippen molar-refractivity contribution in [2.75, 3.05) is 13.2 Å². The highest BCUT2D eigenvalue weighted by Crippen LogP contribution is 2.13. The number of aromatic nitrogens is 1. The highest BCUT2D eigenvalue weighted by atomic mass is 32.1. The standard InChI is InChI=1S/C19H24N2O2S/c1-3-23-17-10-7-16(8-11-17)9-12-18(22)20-13-5-4-6-19-21-15(2)14-24-19/h7-12,14H,3-6,13H2,1-2H3,(H,20,22)/b12-9+. The third-order valence-corrected chi connectivity index (χ3v) is 4.43. The van der Waals surface area contributed by atoms with Crippen LogP contribution >= 0.6 is 11.3 Å². The lowest BCUT2D eigenvalue weighted by Gasteiger charge is -2.03. The number of rotatable bonds is 9. The number of nitrogens with zero attached hydrogens (tertiary/aromatic N) is 1. The van der Waals surface area contributed by atoms with Crippen LogP contribution in [0.25, 0.3) is 6.08 Å². The second-order valence-corrected chi connectivity index (χ2v) is 6.41. The van der Waals surface area contributed by atoms with Crippen LogP contribution in [0.3, 0.4) is 0 Å². The van der Waals surface area contributed by atoms with Gasteiger partial charge in [0.15, 0.2) is 0 Å². The van der Waals surface area contributed by atoms with Gasteiger partial charge in [-0.3, -0.25) is 4.79 Å². The lowest BCUT2D eigenvalue weighted by atomic mass is 10.2. The molecule has 0 saturated carbocycles. The molecule has 2 rings (SSSR count). The van der Waals surface area contributed by atoms with E-state index < -0.39 is 0 Å². The summed E-state index contributed by atoms with van der Waals surface area (Å²) >= 11 is 1.71. The van der Waals surface area contributed by atoms with E-state index >= 15 is 0 Å². The fourth-order valence-corrected chi connectivity index (χ4v) is 3.02. The topological polar surface area (TPSA) is 51.2 Å². The molecule has 5 heteroatoms. The monoisotopic (exact) mass is 344 g/mol. The summed E-state index contributed by atoms with van der Waals surface area (Å²) in [7, 11) is 0. The maximum Gasteiger partial charge on any atom is 0.243 e. The van der Waals surface area contributed by atoms with Crippen molar-refractivity contribution in [1.29, 1.82) is 0 Å². The van der Waals surface area contributed by atoms with E-state index in [1.54, 1.807) is 17.4 Å². The van der Waals surface area contributed by atoms with Gasteiger partial charge in [-0.15, -0.1) is 11.3 Å². The van der Waals surface area contributed by atoms with Gasteiger partial charge >= 0.3 is 0 Å². The van der Waals surface area contributed by atoms with Crippen LogP contribution in [0.4, 0.5) is 0 Å². The van der Waals surface area contributed by atoms with E-state index in [1.165, 1.54) is 5.01 Å². The van der Waals surface area contributed by atoms with Crippen molar-refractivity contribution in [1.82, 2.24) is 10.3 Å². The second-order valence-electron chi connectivity index (χ2n) is 5.47. The van der Waals surface area contributed by atoms with Gasteiger partial charge in [-0.05, 0) is 56.9 Å². The predicted octanol–water partition coefficient (Wildman–Crippen LogP) is 4.00. The number of carbonyl (C=O) groups is 1. The normalized spacial score (nSPS) is 10.9. The summed E-state index contributed by atoms with van der Waals surface area (Å²) in [6.45, 7) is 5.31. The first-order chi connectivity index (χ1) is 11.7. The number of thiazole rings is 1. The molecule has 1 aromatic heterocycles. The zero-order chi connectivity index (χ0) is 17.2. The van der Waals surface area contributed by atoms with E-state index in [9.17, 15) is 4.79 Å². The Bertz CT molecular complexity index is 662. The fourth-order valence-electron chi connectivity index (χ4n) is 2.20. The van der Waals surface area contributed by atoms with Crippen molar-refractivity contribution < 1.29 is 9.53 Å². The van der Waals surface area contributed by atoms with Gasteiger partial charge in [0.1, 0.15) is 5.75 Å². The molecule has 0 saturated heterocycles. The lowest BCUT2D eigenvalue weighted by molar-refractivity contribution is -0.116. The summed E-state index contributed by atoms with van der Waals surface area (Å²) in [5, 5.41) is 6.16. The zero-order valence-corrected chi connectivity index (χ0v) is 15.1. The van der Waals surface area contributed by atoms with Crippen LogP contribution in [-0.4, -0.2) is 24.0 Å². The minimum Gasteiger partial charge on any atom is -0.494 e. The smallest absolute Gasteiger partial charge is 0.243 e. The first-order valence-corrected chi connectivity index (χ1v) is 9.15. The Kier molecular flexibility index (Phi) is 7.49. The Labute approximate surface area is 147 Å². The largest absolute Gasteiger partial charge is 0.494 e. The van der Waals surface area contributed by atoms with Crippen molar-refractivity contribution in [3.63, 3.8) is 0 Å². The number of aryl methyl sites for hydroxylation is 2. The molecule has 2 aromatic rings. The Morgan fingerprint density at radius 3 is 2.75 bits per heavy atom. The molecule has 128 valence electrons. The molecule has 0 aliphatic carbocycles. The highest BCUT2D eigenvalue weighted by molar-refractivity contribution is 7.09. The van der Waals surface area contributed by atoms with Crippen molar-refractivity contribution >= 4 is 23.3 Å². The number of unbranched alkanes of at least 4 members (excludes halogenated alkanes) is 1. The number of hydrogen-bond donors (Lipinski definition) is 1. The van der Waals surface area contributed by atoms with Crippen molar-refractivity contribution in [3.8, 4) is 5.75 Å². The summed E-state index contributed by atoms with van der Waals surface area (Å²) in [6, 6.07) is 7.68. The molecule has 24 heavy (non-hydrogen) atoms. The van der Waals surface area contributed by atoms with Crippen LogP contribution in [0.15, 0.2) is 35.7 Å². The van der Waals surface area contributed by atoms with E-state index in [0.717, 1.165) is 36.3 Å². The third kappa shape index (κ3) is 6.54. The van der Waals surface area contributed by atoms with Crippen LogP contribution in [0.2, 0.25) is 0 Å². The van der Waals surface area contributed by atoms with Gasteiger partial charge in [0.05, 0.1) is 11.6 Å². The number of nitrogens with one attached hydrogen (secondary N) is 1. The van der Waals surface area contributed by atoms with E-state index in [4.69, 9.17) is 4.74 Å². The molecule has 0 aliphatic rings. The van der Waals surface area contributed by atoms with Gasteiger partial charge < -0.3 is 10.1 Å². The number of ether oxygens (including phenoxy) is 1. The van der Waals surface area contributed by atoms with Gasteiger partial charge in [0.25, 0.3) is 0 Å². The summed E-state index contributed by atoms with van der Waals surface area (Å²) < 4.78 is 5.39. The molecule has 0 bridgehead atoms. The fraction of sp³-hybridized carbons (Fsp3) is 0.368. The average molecular weight is 344 g/mol. The van der Waals surface area contributed by atoms with Gasteiger partial charge in [0.2, 0.25) is 5.91 Å².